The summed E-state index contributed by atoms with van der Waals surface area (Å²) in [4.78, 5) is 0. The van der Waals surface area contributed by atoms with Crippen molar-refractivity contribution in [2.45, 2.75) is 75.8 Å². The fourth-order valence-corrected chi connectivity index (χ4v) is 4.67. The van der Waals surface area contributed by atoms with E-state index in [1.54, 1.807) is 0 Å². The van der Waals surface area contributed by atoms with E-state index in [0.29, 0.717) is 30.9 Å². The van der Waals surface area contributed by atoms with Gasteiger partial charge in [-0.3, -0.25) is 0 Å². The second-order valence-electron chi connectivity index (χ2n) is 8.78. The van der Waals surface area contributed by atoms with Crippen molar-refractivity contribution in [3.8, 4) is 11.8 Å². The Morgan fingerprint density at radius 2 is 1.81 bits per heavy atom. The van der Waals surface area contributed by atoms with Crippen LogP contribution in [0.2, 0.25) is 0 Å². The summed E-state index contributed by atoms with van der Waals surface area (Å²) in [5.41, 5.74) is 3.62. The number of ether oxygens (including phenoxy) is 2. The van der Waals surface area contributed by atoms with E-state index in [2.05, 4.69) is 18.2 Å². The molecular weight excluding hydrogens is 390 g/mol. The van der Waals surface area contributed by atoms with Crippen molar-refractivity contribution in [1.29, 1.82) is 5.26 Å². The minimum atomic E-state index is -0.494. The number of benzene rings is 2. The van der Waals surface area contributed by atoms with E-state index in [9.17, 15) is 15.5 Å². The number of hydrogen-bond acceptors (Lipinski definition) is 5. The van der Waals surface area contributed by atoms with Crippen molar-refractivity contribution in [1.82, 2.24) is 0 Å². The van der Waals surface area contributed by atoms with Gasteiger partial charge in [0, 0.05) is 12.8 Å². The van der Waals surface area contributed by atoms with Gasteiger partial charge in [0.25, 0.3) is 0 Å². The molecule has 5 nitrogen and oxygen atoms in total. The highest BCUT2D eigenvalue weighted by molar-refractivity contribution is 5.44. The van der Waals surface area contributed by atoms with Gasteiger partial charge in [-0.15, -0.1) is 0 Å². The molecule has 4 rings (SSSR count). The van der Waals surface area contributed by atoms with E-state index >= 15 is 0 Å². The number of nitrogens with zero attached hydrogens (tertiary/aromatic N) is 1. The number of hydrogen-bond donors (Lipinski definition) is 2. The maximum Gasteiger partial charge on any atom is 0.119 e. The average Bonchev–Trinajstić information content (AvgIpc) is 2.80. The molecule has 0 radical (unpaired) electrons. The fraction of sp³-hybridized carbons (Fsp3) is 0.500. The lowest BCUT2D eigenvalue weighted by molar-refractivity contribution is -0.113. The lowest BCUT2D eigenvalue weighted by atomic mass is 9.92. The lowest BCUT2D eigenvalue weighted by Gasteiger charge is -2.32. The number of aliphatic hydroxyl groups excluding tert-OH is 2. The summed E-state index contributed by atoms with van der Waals surface area (Å²) in [6, 6.07) is 16.2. The summed E-state index contributed by atoms with van der Waals surface area (Å²) in [6.07, 6.45) is 6.85. The summed E-state index contributed by atoms with van der Waals surface area (Å²) in [7, 11) is 0. The number of rotatable bonds is 6. The summed E-state index contributed by atoms with van der Waals surface area (Å²) in [5.74, 6) is 0.907. The first-order chi connectivity index (χ1) is 15.1. The van der Waals surface area contributed by atoms with E-state index in [0.717, 1.165) is 35.3 Å². The van der Waals surface area contributed by atoms with Crippen molar-refractivity contribution < 1.29 is 19.7 Å². The highest BCUT2D eigenvalue weighted by Crippen LogP contribution is 2.33. The van der Waals surface area contributed by atoms with E-state index in [4.69, 9.17) is 9.47 Å². The van der Waals surface area contributed by atoms with E-state index in [-0.39, 0.29) is 18.8 Å². The predicted octanol–water partition coefficient (Wildman–Crippen LogP) is 4.43. The maximum atomic E-state index is 10.1. The molecule has 2 aromatic carbocycles. The van der Waals surface area contributed by atoms with Gasteiger partial charge >= 0.3 is 0 Å². The average molecular weight is 422 g/mol. The first-order valence-corrected chi connectivity index (χ1v) is 11.4. The zero-order valence-corrected chi connectivity index (χ0v) is 17.9. The van der Waals surface area contributed by atoms with Crippen LogP contribution in [0.15, 0.2) is 42.5 Å². The Labute approximate surface area is 184 Å². The SMILES string of the molecule is N#Cc1ccc([C@H]2C[C@@H](O)C[C@@H](CO)O2)cc1Cc1ccc(OC2CCCCC2)cc1. The van der Waals surface area contributed by atoms with Crippen molar-refractivity contribution >= 4 is 0 Å². The van der Waals surface area contributed by atoms with Gasteiger partial charge in [-0.1, -0.05) is 30.7 Å². The largest absolute Gasteiger partial charge is 0.490 e. The van der Waals surface area contributed by atoms with Crippen LogP contribution in [0, 0.1) is 11.3 Å². The Morgan fingerprint density at radius 1 is 1.03 bits per heavy atom. The Kier molecular flexibility index (Phi) is 7.24. The third kappa shape index (κ3) is 5.65. The number of aliphatic hydroxyl groups is 2. The highest BCUT2D eigenvalue weighted by atomic mass is 16.5. The van der Waals surface area contributed by atoms with Gasteiger partial charge in [0.15, 0.2) is 0 Å². The summed E-state index contributed by atoms with van der Waals surface area (Å²) < 4.78 is 12.1. The molecule has 31 heavy (non-hydrogen) atoms. The molecule has 2 aliphatic rings. The van der Waals surface area contributed by atoms with Crippen LogP contribution in [0.25, 0.3) is 0 Å². The van der Waals surface area contributed by atoms with Crippen molar-refractivity contribution in [2.75, 3.05) is 6.61 Å². The maximum absolute atomic E-state index is 10.1. The molecule has 2 N–H and O–H groups in total. The van der Waals surface area contributed by atoms with Crippen LogP contribution in [0.1, 0.15) is 73.3 Å². The Hall–Kier alpha value is -2.39. The lowest BCUT2D eigenvalue weighted by Crippen LogP contribution is -2.33. The molecule has 2 aromatic rings. The first kappa shape index (κ1) is 21.8. The molecule has 1 heterocycles. The Morgan fingerprint density at radius 3 is 2.52 bits per heavy atom. The fourth-order valence-electron chi connectivity index (χ4n) is 4.67. The second-order valence-corrected chi connectivity index (χ2v) is 8.78. The molecule has 1 saturated carbocycles. The van der Waals surface area contributed by atoms with E-state index in [1.165, 1.54) is 19.3 Å². The molecule has 1 aliphatic heterocycles. The predicted molar refractivity (Wildman–Crippen MR) is 118 cm³/mol. The normalized spacial score (nSPS) is 24.5. The van der Waals surface area contributed by atoms with Gasteiger partial charge < -0.3 is 19.7 Å². The Bertz CT molecular complexity index is 899. The third-order valence-electron chi connectivity index (χ3n) is 6.38. The molecule has 0 spiro atoms. The molecule has 0 amide bonds. The van der Waals surface area contributed by atoms with Crippen molar-refractivity contribution in [3.05, 3.63) is 64.7 Å². The van der Waals surface area contributed by atoms with Crippen LogP contribution in [-0.4, -0.2) is 35.1 Å². The molecule has 0 aromatic heterocycles. The molecule has 1 saturated heterocycles. The van der Waals surface area contributed by atoms with Gasteiger partial charge in [0.2, 0.25) is 0 Å². The van der Waals surface area contributed by atoms with Gasteiger partial charge in [0.1, 0.15) is 5.75 Å². The van der Waals surface area contributed by atoms with Crippen LogP contribution in [-0.2, 0) is 11.2 Å². The van der Waals surface area contributed by atoms with Gasteiger partial charge in [-0.05, 0) is 67.0 Å². The molecule has 164 valence electrons. The van der Waals surface area contributed by atoms with Gasteiger partial charge in [0.05, 0.1) is 42.7 Å². The van der Waals surface area contributed by atoms with Crippen molar-refractivity contribution in [2.24, 2.45) is 0 Å². The van der Waals surface area contributed by atoms with Crippen LogP contribution >= 0.6 is 0 Å². The zero-order chi connectivity index (χ0) is 21.6. The summed E-state index contributed by atoms with van der Waals surface area (Å²) in [5, 5.41) is 29.1. The molecule has 0 bridgehead atoms. The molecule has 2 fully saturated rings. The molecule has 1 aliphatic carbocycles. The minimum absolute atomic E-state index is 0.105. The topological polar surface area (TPSA) is 82.7 Å². The van der Waals surface area contributed by atoms with E-state index < -0.39 is 6.10 Å². The molecular formula is C26H31NO4. The van der Waals surface area contributed by atoms with Crippen LogP contribution in [0.5, 0.6) is 5.75 Å². The van der Waals surface area contributed by atoms with Crippen LogP contribution in [0.4, 0.5) is 0 Å². The minimum Gasteiger partial charge on any atom is -0.490 e. The molecule has 0 unspecified atom stereocenters. The second kappa shape index (κ2) is 10.3. The van der Waals surface area contributed by atoms with Gasteiger partial charge in [-0.2, -0.15) is 5.26 Å². The smallest absolute Gasteiger partial charge is 0.119 e. The van der Waals surface area contributed by atoms with E-state index in [1.807, 2.05) is 30.3 Å². The monoisotopic (exact) mass is 421 g/mol. The van der Waals surface area contributed by atoms with Crippen LogP contribution in [0.3, 0.4) is 0 Å². The van der Waals surface area contributed by atoms with Crippen LogP contribution < -0.4 is 4.74 Å². The quantitative estimate of drug-likeness (QED) is 0.721. The summed E-state index contributed by atoms with van der Waals surface area (Å²) >= 11 is 0. The highest BCUT2D eigenvalue weighted by Gasteiger charge is 2.29. The third-order valence-corrected chi connectivity index (χ3v) is 6.38. The standard InChI is InChI=1S/C26H31NO4/c27-16-20-9-8-19(26-15-22(29)14-25(17-28)31-26)13-21(20)12-18-6-10-24(11-7-18)30-23-4-2-1-3-5-23/h6-11,13,22-23,25-26,28-29H,1-5,12,14-15,17H2/t22-,25-,26+/m0/s1. The summed E-state index contributed by atoms with van der Waals surface area (Å²) in [6.45, 7) is -0.105. The van der Waals surface area contributed by atoms with Gasteiger partial charge in [-0.25, -0.2) is 0 Å². The first-order valence-electron chi connectivity index (χ1n) is 11.4. The Balaban J connectivity index is 1.47. The molecule has 5 heteroatoms. The number of nitriles is 1. The zero-order valence-electron chi connectivity index (χ0n) is 17.9. The molecule has 3 atom stereocenters. The van der Waals surface area contributed by atoms with Crippen molar-refractivity contribution in [3.63, 3.8) is 0 Å².